The molecule has 2 atom stereocenters. The Morgan fingerprint density at radius 1 is 1.35 bits per heavy atom. The highest BCUT2D eigenvalue weighted by Gasteiger charge is 2.42. The normalized spacial score (nSPS) is 26.6. The van der Waals surface area contributed by atoms with Gasteiger partial charge in [0.1, 0.15) is 12.2 Å². The fourth-order valence-corrected chi connectivity index (χ4v) is 3.07. The minimum atomic E-state index is -2.42. The lowest BCUT2D eigenvalue weighted by atomic mass is 10.1. The van der Waals surface area contributed by atoms with Crippen LogP contribution in [0.4, 0.5) is 8.78 Å². The van der Waals surface area contributed by atoms with Gasteiger partial charge in [-0.2, -0.15) is 8.78 Å². The number of hydrogen-bond acceptors (Lipinski definition) is 4. The fourth-order valence-electron chi connectivity index (χ4n) is 2.57. The maximum absolute atomic E-state index is 12.3. The van der Waals surface area contributed by atoms with E-state index in [0.717, 1.165) is 5.56 Å². The summed E-state index contributed by atoms with van der Waals surface area (Å²) in [7, 11) is 0. The number of fused-ring (bicyclic) bond motifs is 1. The number of carbonyl (C=O) groups is 1. The smallest absolute Gasteiger partial charge is 0.288 e. The maximum atomic E-state index is 12.3. The topological polar surface area (TPSA) is 41.6 Å². The van der Waals surface area contributed by atoms with Crippen molar-refractivity contribution in [1.82, 2.24) is 10.2 Å². The molecule has 0 aromatic heterocycles. The first-order chi connectivity index (χ1) is 9.65. The van der Waals surface area contributed by atoms with Crippen LogP contribution in [0.5, 0.6) is 0 Å². The van der Waals surface area contributed by atoms with E-state index >= 15 is 0 Å². The number of ether oxygens (including phenoxy) is 1. The van der Waals surface area contributed by atoms with Crippen molar-refractivity contribution in [3.05, 3.63) is 29.8 Å². The second-order valence-corrected chi connectivity index (χ2v) is 5.75. The average molecular weight is 300 g/mol. The second-order valence-electron chi connectivity index (χ2n) is 4.69. The third-order valence-corrected chi connectivity index (χ3v) is 4.23. The number of hydrogen-bond donors (Lipinski definition) is 1. The van der Waals surface area contributed by atoms with Gasteiger partial charge in [-0.1, -0.05) is 23.9 Å². The number of thioether (sulfide) groups is 1. The largest absolute Gasteiger partial charge is 0.378 e. The van der Waals surface area contributed by atoms with Crippen LogP contribution >= 0.6 is 11.8 Å². The van der Waals surface area contributed by atoms with Gasteiger partial charge >= 0.3 is 0 Å². The van der Waals surface area contributed by atoms with Gasteiger partial charge < -0.3 is 10.1 Å². The van der Waals surface area contributed by atoms with Crippen molar-refractivity contribution in [2.45, 2.75) is 22.9 Å². The van der Waals surface area contributed by atoms with Crippen LogP contribution in [0.25, 0.3) is 0 Å². The van der Waals surface area contributed by atoms with E-state index in [1.165, 1.54) is 0 Å². The number of nitrogens with zero attached hydrogens (tertiary/aromatic N) is 1. The zero-order valence-electron chi connectivity index (χ0n) is 10.6. The summed E-state index contributed by atoms with van der Waals surface area (Å²) in [6, 6.07) is 6.64. The van der Waals surface area contributed by atoms with E-state index in [1.54, 1.807) is 24.3 Å². The SMILES string of the molecule is O=C1N[C@H](c2ccc(SC(F)F)cc2)N2CCOC[C@@H]12. The van der Waals surface area contributed by atoms with Crippen LogP contribution in [0.1, 0.15) is 11.7 Å². The second kappa shape index (κ2) is 5.67. The maximum Gasteiger partial charge on any atom is 0.288 e. The molecule has 0 saturated carbocycles. The van der Waals surface area contributed by atoms with E-state index < -0.39 is 5.76 Å². The molecule has 3 rings (SSSR count). The predicted molar refractivity (Wildman–Crippen MR) is 70.5 cm³/mol. The van der Waals surface area contributed by atoms with E-state index in [4.69, 9.17) is 4.74 Å². The van der Waals surface area contributed by atoms with Crippen molar-refractivity contribution >= 4 is 17.7 Å². The van der Waals surface area contributed by atoms with Gasteiger partial charge in [0.05, 0.1) is 13.2 Å². The van der Waals surface area contributed by atoms with E-state index in [9.17, 15) is 13.6 Å². The quantitative estimate of drug-likeness (QED) is 0.865. The molecule has 0 spiro atoms. The number of alkyl halides is 2. The summed E-state index contributed by atoms with van der Waals surface area (Å²) >= 11 is 0.519. The zero-order chi connectivity index (χ0) is 14.1. The predicted octanol–water partition coefficient (Wildman–Crippen LogP) is 1.83. The lowest BCUT2D eigenvalue weighted by molar-refractivity contribution is -0.125. The van der Waals surface area contributed by atoms with Gasteiger partial charge in [-0.3, -0.25) is 9.69 Å². The lowest BCUT2D eigenvalue weighted by Gasteiger charge is -2.31. The van der Waals surface area contributed by atoms with Crippen LogP contribution in [0, 0.1) is 0 Å². The first-order valence-corrected chi connectivity index (χ1v) is 7.22. The molecule has 2 fully saturated rings. The summed E-state index contributed by atoms with van der Waals surface area (Å²) in [4.78, 5) is 14.4. The molecule has 0 bridgehead atoms. The fraction of sp³-hybridized carbons (Fsp3) is 0.462. The summed E-state index contributed by atoms with van der Waals surface area (Å²) < 4.78 is 29.9. The van der Waals surface area contributed by atoms with Crippen molar-refractivity contribution in [3.63, 3.8) is 0 Å². The molecule has 2 heterocycles. The van der Waals surface area contributed by atoms with Gasteiger partial charge in [-0.25, -0.2) is 0 Å². The Kier molecular flexibility index (Phi) is 3.91. The summed E-state index contributed by atoms with van der Waals surface area (Å²) in [6.07, 6.45) is -0.193. The van der Waals surface area contributed by atoms with Gasteiger partial charge in [-0.05, 0) is 17.7 Å². The Labute approximate surface area is 119 Å². The highest BCUT2D eigenvalue weighted by molar-refractivity contribution is 7.99. The van der Waals surface area contributed by atoms with Gasteiger partial charge in [0, 0.05) is 11.4 Å². The van der Waals surface area contributed by atoms with Crippen LogP contribution in [-0.4, -0.2) is 42.4 Å². The Bertz CT molecular complexity index is 498. The third-order valence-electron chi connectivity index (χ3n) is 3.50. The number of halogens is 2. The number of carbonyl (C=O) groups excluding carboxylic acids is 1. The number of nitrogens with one attached hydrogen (secondary N) is 1. The molecule has 4 nitrogen and oxygen atoms in total. The standard InChI is InChI=1S/C13H14F2N2O2S/c14-13(15)20-9-3-1-8(2-4-9)11-16-12(18)10-7-19-6-5-17(10)11/h1-4,10-11,13H,5-7H2,(H,16,18)/t10-,11-/m0/s1. The van der Waals surface area contributed by atoms with Crippen LogP contribution in [0.2, 0.25) is 0 Å². The molecule has 0 unspecified atom stereocenters. The molecule has 108 valence electrons. The van der Waals surface area contributed by atoms with Gasteiger partial charge in [0.2, 0.25) is 5.91 Å². The van der Waals surface area contributed by atoms with Gasteiger partial charge in [0.15, 0.2) is 0 Å². The van der Waals surface area contributed by atoms with Gasteiger partial charge in [-0.15, -0.1) is 0 Å². The molecule has 7 heteroatoms. The highest BCUT2D eigenvalue weighted by Crippen LogP contribution is 2.30. The molecule has 20 heavy (non-hydrogen) atoms. The number of benzene rings is 1. The van der Waals surface area contributed by atoms with Crippen molar-refractivity contribution in [2.24, 2.45) is 0 Å². The monoisotopic (exact) mass is 300 g/mol. The molecule has 1 aromatic carbocycles. The molecule has 0 radical (unpaired) electrons. The number of amides is 1. The summed E-state index contributed by atoms with van der Waals surface area (Å²) in [6.45, 7) is 1.69. The van der Waals surface area contributed by atoms with Crippen molar-refractivity contribution in [3.8, 4) is 0 Å². The Morgan fingerprint density at radius 2 is 2.10 bits per heavy atom. The highest BCUT2D eigenvalue weighted by atomic mass is 32.2. The van der Waals surface area contributed by atoms with Crippen molar-refractivity contribution in [2.75, 3.05) is 19.8 Å². The molecular weight excluding hydrogens is 286 g/mol. The molecule has 0 aliphatic carbocycles. The van der Waals surface area contributed by atoms with Crippen LogP contribution in [-0.2, 0) is 9.53 Å². The van der Waals surface area contributed by atoms with Crippen LogP contribution in [0.3, 0.4) is 0 Å². The van der Waals surface area contributed by atoms with Gasteiger partial charge in [0.25, 0.3) is 5.76 Å². The minimum Gasteiger partial charge on any atom is -0.378 e. The Hall–Kier alpha value is -1.18. The molecule has 2 aliphatic rings. The first-order valence-electron chi connectivity index (χ1n) is 6.34. The van der Waals surface area contributed by atoms with E-state index in [1.807, 2.05) is 0 Å². The molecule has 1 aromatic rings. The van der Waals surface area contributed by atoms with E-state index in [2.05, 4.69) is 10.2 Å². The molecule has 2 saturated heterocycles. The average Bonchev–Trinajstić information content (AvgIpc) is 2.77. The first kappa shape index (κ1) is 13.8. The Balaban J connectivity index is 1.77. The van der Waals surface area contributed by atoms with E-state index in [-0.39, 0.29) is 18.1 Å². The Morgan fingerprint density at radius 3 is 2.80 bits per heavy atom. The lowest BCUT2D eigenvalue weighted by Crippen LogP contribution is -2.44. The summed E-state index contributed by atoms with van der Waals surface area (Å²) in [5, 5.41) is 2.92. The summed E-state index contributed by atoms with van der Waals surface area (Å²) in [5.41, 5.74) is 0.904. The van der Waals surface area contributed by atoms with Crippen molar-refractivity contribution in [1.29, 1.82) is 0 Å². The van der Waals surface area contributed by atoms with E-state index in [0.29, 0.717) is 36.4 Å². The molecule has 2 aliphatic heterocycles. The number of morpholine rings is 1. The molecule has 1 amide bonds. The summed E-state index contributed by atoms with van der Waals surface area (Å²) in [5.74, 6) is -2.46. The minimum absolute atomic E-state index is 0.0410. The molecular formula is C13H14F2N2O2S. The number of rotatable bonds is 3. The van der Waals surface area contributed by atoms with Crippen molar-refractivity contribution < 1.29 is 18.3 Å². The van der Waals surface area contributed by atoms with Crippen LogP contribution < -0.4 is 5.32 Å². The molecule has 1 N–H and O–H groups in total. The zero-order valence-corrected chi connectivity index (χ0v) is 11.4. The third kappa shape index (κ3) is 2.65. The van der Waals surface area contributed by atoms with Crippen LogP contribution in [0.15, 0.2) is 29.2 Å².